The van der Waals surface area contributed by atoms with Gasteiger partial charge in [0.2, 0.25) is 0 Å². The number of furan rings is 1. The molecule has 0 radical (unpaired) electrons. The van der Waals surface area contributed by atoms with Gasteiger partial charge < -0.3 is 9.32 Å². The van der Waals surface area contributed by atoms with Crippen LogP contribution in [0.25, 0.3) is 21.9 Å². The zero-order chi connectivity index (χ0) is 16.0. The summed E-state index contributed by atoms with van der Waals surface area (Å²) in [6, 6.07) is 21.3. The Kier molecular flexibility index (Phi) is 3.12. The molecule has 2 heteroatoms. The molecule has 1 heterocycles. The summed E-state index contributed by atoms with van der Waals surface area (Å²) in [5, 5.41) is 2.35. The van der Waals surface area contributed by atoms with Gasteiger partial charge in [-0.05, 0) is 56.3 Å². The topological polar surface area (TPSA) is 16.4 Å². The van der Waals surface area contributed by atoms with Crippen LogP contribution in [0.3, 0.4) is 0 Å². The summed E-state index contributed by atoms with van der Waals surface area (Å²) in [5.41, 5.74) is 6.74. The van der Waals surface area contributed by atoms with E-state index in [4.69, 9.17) is 4.42 Å². The predicted octanol–water partition coefficient (Wildman–Crippen LogP) is 5.97. The molecule has 0 aliphatic carbocycles. The van der Waals surface area contributed by atoms with Crippen molar-refractivity contribution in [3.05, 3.63) is 71.8 Å². The van der Waals surface area contributed by atoms with Gasteiger partial charge in [-0.1, -0.05) is 29.3 Å². The minimum absolute atomic E-state index is 0.937. The molecule has 0 amide bonds. The van der Waals surface area contributed by atoms with Crippen molar-refractivity contribution in [1.82, 2.24) is 0 Å². The molecular weight excluding hydrogens is 282 g/mol. The van der Waals surface area contributed by atoms with Crippen LogP contribution in [0.2, 0.25) is 0 Å². The molecule has 4 rings (SSSR count). The van der Waals surface area contributed by atoms with Gasteiger partial charge in [-0.3, -0.25) is 0 Å². The van der Waals surface area contributed by atoms with Crippen LogP contribution in [-0.4, -0.2) is 7.05 Å². The average Bonchev–Trinajstić information content (AvgIpc) is 2.92. The van der Waals surface area contributed by atoms with Crippen LogP contribution in [0.1, 0.15) is 11.1 Å². The smallest absolute Gasteiger partial charge is 0.135 e. The zero-order valence-electron chi connectivity index (χ0n) is 13.6. The van der Waals surface area contributed by atoms with Crippen molar-refractivity contribution in [3.8, 4) is 0 Å². The second-order valence-corrected chi connectivity index (χ2v) is 6.18. The van der Waals surface area contributed by atoms with E-state index in [9.17, 15) is 0 Å². The molecule has 0 aliphatic rings. The molecule has 0 saturated heterocycles. The van der Waals surface area contributed by atoms with Crippen LogP contribution in [0, 0.1) is 13.8 Å². The normalized spacial score (nSPS) is 11.3. The lowest BCUT2D eigenvalue weighted by Crippen LogP contribution is -2.08. The molecule has 1 aromatic heterocycles. The van der Waals surface area contributed by atoms with Crippen molar-refractivity contribution >= 4 is 33.3 Å². The van der Waals surface area contributed by atoms with Gasteiger partial charge in [-0.15, -0.1) is 0 Å². The third-order valence-electron chi connectivity index (χ3n) is 4.42. The fraction of sp³-hybridized carbons (Fsp3) is 0.143. The van der Waals surface area contributed by atoms with E-state index in [1.807, 2.05) is 6.07 Å². The van der Waals surface area contributed by atoms with Crippen LogP contribution in [-0.2, 0) is 0 Å². The molecule has 3 aromatic carbocycles. The third-order valence-corrected chi connectivity index (χ3v) is 4.42. The van der Waals surface area contributed by atoms with Gasteiger partial charge in [0.1, 0.15) is 11.2 Å². The summed E-state index contributed by atoms with van der Waals surface area (Å²) in [7, 11) is 2.10. The van der Waals surface area contributed by atoms with Gasteiger partial charge in [0.15, 0.2) is 0 Å². The minimum atomic E-state index is 0.937. The molecule has 0 unspecified atom stereocenters. The Hall–Kier alpha value is -2.74. The Morgan fingerprint density at radius 3 is 1.96 bits per heavy atom. The average molecular weight is 301 g/mol. The highest BCUT2D eigenvalue weighted by molar-refractivity contribution is 6.06. The SMILES string of the molecule is Cc1ccc(N(C)c2ccc3oc4ccc(C)cc4c3c2)cc1. The summed E-state index contributed by atoms with van der Waals surface area (Å²) < 4.78 is 5.95. The number of aryl methyl sites for hydroxylation is 2. The number of hydrogen-bond acceptors (Lipinski definition) is 2. The number of fused-ring (bicyclic) bond motifs is 3. The van der Waals surface area contributed by atoms with Gasteiger partial charge in [0, 0.05) is 29.2 Å². The van der Waals surface area contributed by atoms with Crippen LogP contribution >= 0.6 is 0 Å². The number of rotatable bonds is 2. The van der Waals surface area contributed by atoms with Crippen LogP contribution in [0.5, 0.6) is 0 Å². The number of hydrogen-bond donors (Lipinski definition) is 0. The molecule has 0 spiro atoms. The van der Waals surface area contributed by atoms with Crippen LogP contribution in [0.4, 0.5) is 11.4 Å². The van der Waals surface area contributed by atoms with E-state index >= 15 is 0 Å². The van der Waals surface area contributed by atoms with Crippen LogP contribution < -0.4 is 4.90 Å². The molecule has 0 bridgehead atoms. The Morgan fingerprint density at radius 2 is 1.22 bits per heavy atom. The first-order chi connectivity index (χ1) is 11.1. The fourth-order valence-electron chi connectivity index (χ4n) is 3.01. The van der Waals surface area contributed by atoms with Crippen molar-refractivity contribution in [1.29, 1.82) is 0 Å². The quantitative estimate of drug-likeness (QED) is 0.453. The maximum Gasteiger partial charge on any atom is 0.135 e. The van der Waals surface area contributed by atoms with E-state index in [1.165, 1.54) is 27.6 Å². The highest BCUT2D eigenvalue weighted by atomic mass is 16.3. The van der Waals surface area contributed by atoms with E-state index < -0.39 is 0 Å². The zero-order valence-corrected chi connectivity index (χ0v) is 13.6. The lowest BCUT2D eigenvalue weighted by Gasteiger charge is -2.19. The van der Waals surface area contributed by atoms with Gasteiger partial charge >= 0.3 is 0 Å². The van der Waals surface area contributed by atoms with Crippen molar-refractivity contribution in [2.24, 2.45) is 0 Å². The number of benzene rings is 3. The first-order valence-corrected chi connectivity index (χ1v) is 7.85. The van der Waals surface area contributed by atoms with E-state index in [-0.39, 0.29) is 0 Å². The molecule has 0 atom stereocenters. The Bertz CT molecular complexity index is 996. The van der Waals surface area contributed by atoms with Crippen molar-refractivity contribution in [2.75, 3.05) is 11.9 Å². The summed E-state index contributed by atoms with van der Waals surface area (Å²) >= 11 is 0. The van der Waals surface area contributed by atoms with Crippen LogP contribution in [0.15, 0.2) is 65.1 Å². The lowest BCUT2D eigenvalue weighted by atomic mass is 10.1. The second-order valence-electron chi connectivity index (χ2n) is 6.18. The molecule has 4 aromatic rings. The van der Waals surface area contributed by atoms with Gasteiger partial charge in [0.05, 0.1) is 0 Å². The van der Waals surface area contributed by atoms with E-state index in [0.29, 0.717) is 0 Å². The highest BCUT2D eigenvalue weighted by Crippen LogP contribution is 2.33. The lowest BCUT2D eigenvalue weighted by molar-refractivity contribution is 0.669. The first kappa shape index (κ1) is 13.9. The fourth-order valence-corrected chi connectivity index (χ4v) is 3.01. The molecule has 114 valence electrons. The molecule has 0 N–H and O–H groups in total. The van der Waals surface area contributed by atoms with Gasteiger partial charge in [-0.2, -0.15) is 0 Å². The summed E-state index contributed by atoms with van der Waals surface area (Å²) in [6.45, 7) is 4.22. The van der Waals surface area contributed by atoms with Crippen molar-refractivity contribution in [3.63, 3.8) is 0 Å². The second kappa shape index (κ2) is 5.17. The molecule has 0 aliphatic heterocycles. The van der Waals surface area contributed by atoms with E-state index in [1.54, 1.807) is 0 Å². The molecular formula is C21H19NO. The summed E-state index contributed by atoms with van der Waals surface area (Å²) in [5.74, 6) is 0. The molecule has 0 fully saturated rings. The maximum atomic E-state index is 5.95. The molecule has 2 nitrogen and oxygen atoms in total. The molecule has 0 saturated carbocycles. The van der Waals surface area contributed by atoms with Crippen molar-refractivity contribution < 1.29 is 4.42 Å². The standard InChI is InChI=1S/C21H19NO/c1-14-4-7-16(8-5-14)22(3)17-9-11-21-19(13-17)18-12-15(2)6-10-20(18)23-21/h4-13H,1-3H3. The largest absolute Gasteiger partial charge is 0.456 e. The molecule has 23 heavy (non-hydrogen) atoms. The van der Waals surface area contributed by atoms with Crippen molar-refractivity contribution in [2.45, 2.75) is 13.8 Å². The van der Waals surface area contributed by atoms with E-state index in [2.05, 4.69) is 80.4 Å². The predicted molar refractivity (Wildman–Crippen MR) is 97.7 cm³/mol. The number of anilines is 2. The Labute approximate surface area is 136 Å². The van der Waals surface area contributed by atoms with Gasteiger partial charge in [-0.25, -0.2) is 0 Å². The van der Waals surface area contributed by atoms with E-state index in [0.717, 1.165) is 16.9 Å². The highest BCUT2D eigenvalue weighted by Gasteiger charge is 2.10. The van der Waals surface area contributed by atoms with Gasteiger partial charge in [0.25, 0.3) is 0 Å². The summed E-state index contributed by atoms with van der Waals surface area (Å²) in [4.78, 5) is 2.20. The maximum absolute atomic E-state index is 5.95. The number of nitrogens with zero attached hydrogens (tertiary/aromatic N) is 1. The Morgan fingerprint density at radius 1 is 0.652 bits per heavy atom. The Balaban J connectivity index is 1.85. The monoisotopic (exact) mass is 301 g/mol. The summed E-state index contributed by atoms with van der Waals surface area (Å²) in [6.07, 6.45) is 0. The third kappa shape index (κ3) is 2.36. The minimum Gasteiger partial charge on any atom is -0.456 e. The first-order valence-electron chi connectivity index (χ1n) is 7.85.